The molecule has 0 aliphatic carbocycles. The molecule has 4 heteroatoms. The van der Waals surface area contributed by atoms with Gasteiger partial charge in [-0.2, -0.15) is 0 Å². The number of rotatable bonds is 3. The largest absolute Gasteiger partial charge is 0.378 e. The maximum absolute atomic E-state index is 13.2. The molecule has 0 aromatic carbocycles. The van der Waals surface area contributed by atoms with Crippen molar-refractivity contribution in [2.24, 2.45) is 0 Å². The van der Waals surface area contributed by atoms with Crippen molar-refractivity contribution in [1.82, 2.24) is 10.2 Å². The molecule has 0 bridgehead atoms. The molecule has 2 saturated heterocycles. The summed E-state index contributed by atoms with van der Waals surface area (Å²) in [5, 5.41) is 3.18. The highest BCUT2D eigenvalue weighted by atomic mass is 19.1. The third kappa shape index (κ3) is 2.00. The molecule has 0 amide bonds. The van der Waals surface area contributed by atoms with Gasteiger partial charge in [-0.05, 0) is 20.0 Å². The lowest BCUT2D eigenvalue weighted by atomic mass is 10.1. The molecular weight excluding hydrogens is 171 g/mol. The molecule has 2 heterocycles. The molecule has 2 aliphatic heterocycles. The van der Waals surface area contributed by atoms with Crippen LogP contribution in [0, 0.1) is 0 Å². The van der Waals surface area contributed by atoms with Gasteiger partial charge in [0.1, 0.15) is 6.17 Å². The van der Waals surface area contributed by atoms with E-state index in [9.17, 15) is 4.39 Å². The zero-order chi connectivity index (χ0) is 9.26. The number of likely N-dealkylation sites (N-methyl/N-ethyl adjacent to an activating group) is 1. The molecule has 0 saturated carbocycles. The van der Waals surface area contributed by atoms with E-state index in [1.807, 2.05) is 7.05 Å². The number of nitrogens with zero attached hydrogens (tertiary/aromatic N) is 1. The second-order valence-corrected chi connectivity index (χ2v) is 4.00. The zero-order valence-electron chi connectivity index (χ0n) is 8.00. The number of alkyl halides is 1. The first-order chi connectivity index (χ1) is 6.27. The number of halogens is 1. The lowest BCUT2D eigenvalue weighted by Crippen LogP contribution is -2.51. The normalized spacial score (nSPS) is 35.3. The van der Waals surface area contributed by atoms with Crippen LogP contribution in [0.3, 0.4) is 0 Å². The fourth-order valence-electron chi connectivity index (χ4n) is 1.85. The van der Waals surface area contributed by atoms with E-state index in [2.05, 4.69) is 10.2 Å². The molecule has 2 rings (SSSR count). The molecule has 2 unspecified atom stereocenters. The van der Waals surface area contributed by atoms with Crippen LogP contribution in [0.25, 0.3) is 0 Å². The summed E-state index contributed by atoms with van der Waals surface area (Å²) in [6.07, 6.45) is 0.00287. The average Bonchev–Trinajstić information content (AvgIpc) is 2.32. The minimum Gasteiger partial charge on any atom is -0.378 e. The molecule has 0 aromatic rings. The highest BCUT2D eigenvalue weighted by molar-refractivity contribution is 4.88. The summed E-state index contributed by atoms with van der Waals surface area (Å²) in [6.45, 7) is 3.23. The fourth-order valence-corrected chi connectivity index (χ4v) is 1.85. The Morgan fingerprint density at radius 2 is 2.31 bits per heavy atom. The van der Waals surface area contributed by atoms with Crippen LogP contribution >= 0.6 is 0 Å². The van der Waals surface area contributed by atoms with E-state index in [1.54, 1.807) is 0 Å². The van der Waals surface area contributed by atoms with Crippen LogP contribution in [0.4, 0.5) is 4.39 Å². The Hall–Kier alpha value is -0.190. The zero-order valence-corrected chi connectivity index (χ0v) is 8.00. The van der Waals surface area contributed by atoms with Gasteiger partial charge in [0.25, 0.3) is 0 Å². The minimum atomic E-state index is -0.663. The van der Waals surface area contributed by atoms with Crippen LogP contribution < -0.4 is 5.32 Å². The Morgan fingerprint density at radius 3 is 2.77 bits per heavy atom. The van der Waals surface area contributed by atoms with Crippen LogP contribution in [-0.4, -0.2) is 56.5 Å². The molecule has 0 aromatic heterocycles. The van der Waals surface area contributed by atoms with Crippen molar-refractivity contribution in [3.05, 3.63) is 0 Å². The van der Waals surface area contributed by atoms with Crippen molar-refractivity contribution in [2.45, 2.75) is 24.7 Å². The Labute approximate surface area is 78.2 Å². The van der Waals surface area contributed by atoms with Crippen LogP contribution in [0.1, 0.15) is 6.42 Å². The van der Waals surface area contributed by atoms with Gasteiger partial charge in [-0.1, -0.05) is 0 Å². The van der Waals surface area contributed by atoms with Crippen molar-refractivity contribution in [1.29, 1.82) is 0 Å². The maximum atomic E-state index is 13.2. The summed E-state index contributed by atoms with van der Waals surface area (Å²) in [5.41, 5.74) is 0. The van der Waals surface area contributed by atoms with E-state index in [1.165, 1.54) is 0 Å². The summed E-state index contributed by atoms with van der Waals surface area (Å²) >= 11 is 0. The van der Waals surface area contributed by atoms with E-state index in [0.717, 1.165) is 26.3 Å². The third-order valence-electron chi connectivity index (χ3n) is 2.99. The summed E-state index contributed by atoms with van der Waals surface area (Å²) in [7, 11) is 2.04. The third-order valence-corrected chi connectivity index (χ3v) is 2.99. The van der Waals surface area contributed by atoms with Gasteiger partial charge in [0.15, 0.2) is 0 Å². The Morgan fingerprint density at radius 1 is 1.54 bits per heavy atom. The Bertz CT molecular complexity index is 175. The van der Waals surface area contributed by atoms with E-state index >= 15 is 0 Å². The van der Waals surface area contributed by atoms with Crippen LogP contribution in [0.5, 0.6) is 0 Å². The van der Waals surface area contributed by atoms with Crippen LogP contribution in [0.2, 0.25) is 0 Å². The molecule has 0 spiro atoms. The number of ether oxygens (including phenoxy) is 1. The van der Waals surface area contributed by atoms with E-state index in [-0.39, 0.29) is 6.04 Å². The van der Waals surface area contributed by atoms with Crippen molar-refractivity contribution < 1.29 is 9.13 Å². The predicted molar refractivity (Wildman–Crippen MR) is 48.5 cm³/mol. The van der Waals surface area contributed by atoms with Gasteiger partial charge >= 0.3 is 0 Å². The SMILES string of the molecule is CN(CC1NCCC1F)C1COC1. The smallest absolute Gasteiger partial charge is 0.118 e. The molecule has 13 heavy (non-hydrogen) atoms. The first-order valence-electron chi connectivity index (χ1n) is 4.93. The second kappa shape index (κ2) is 3.90. The van der Waals surface area contributed by atoms with Gasteiger partial charge in [0, 0.05) is 6.54 Å². The molecule has 2 atom stereocenters. The average molecular weight is 188 g/mol. The van der Waals surface area contributed by atoms with Gasteiger partial charge in [-0.15, -0.1) is 0 Å². The lowest BCUT2D eigenvalue weighted by Gasteiger charge is -2.36. The molecule has 1 N–H and O–H groups in total. The van der Waals surface area contributed by atoms with Gasteiger partial charge in [0.05, 0.1) is 25.3 Å². The predicted octanol–water partition coefficient (Wildman–Crippen LogP) is 0.0170. The van der Waals surface area contributed by atoms with E-state index in [0.29, 0.717) is 12.5 Å². The maximum Gasteiger partial charge on any atom is 0.118 e. The monoisotopic (exact) mass is 188 g/mol. The van der Waals surface area contributed by atoms with Crippen molar-refractivity contribution in [2.75, 3.05) is 33.4 Å². The topological polar surface area (TPSA) is 24.5 Å². The molecule has 3 nitrogen and oxygen atoms in total. The van der Waals surface area contributed by atoms with Crippen molar-refractivity contribution in [3.63, 3.8) is 0 Å². The molecule has 2 fully saturated rings. The van der Waals surface area contributed by atoms with Crippen LogP contribution in [0.15, 0.2) is 0 Å². The summed E-state index contributed by atoms with van der Waals surface area (Å²) in [6, 6.07) is 0.542. The van der Waals surface area contributed by atoms with Gasteiger partial charge in [-0.25, -0.2) is 4.39 Å². The number of hydrogen-bond acceptors (Lipinski definition) is 3. The lowest BCUT2D eigenvalue weighted by molar-refractivity contribution is -0.0590. The minimum absolute atomic E-state index is 0.0330. The van der Waals surface area contributed by atoms with Gasteiger partial charge in [0.2, 0.25) is 0 Å². The fraction of sp³-hybridized carbons (Fsp3) is 1.00. The van der Waals surface area contributed by atoms with Crippen molar-refractivity contribution in [3.8, 4) is 0 Å². The Kier molecular flexibility index (Phi) is 2.81. The van der Waals surface area contributed by atoms with E-state index < -0.39 is 6.17 Å². The summed E-state index contributed by atoms with van der Waals surface area (Å²) < 4.78 is 18.3. The first kappa shape index (κ1) is 9.37. The van der Waals surface area contributed by atoms with Gasteiger partial charge < -0.3 is 10.1 Å². The quantitative estimate of drug-likeness (QED) is 0.675. The highest BCUT2D eigenvalue weighted by Gasteiger charge is 2.31. The van der Waals surface area contributed by atoms with Gasteiger partial charge in [-0.3, -0.25) is 4.90 Å². The van der Waals surface area contributed by atoms with E-state index in [4.69, 9.17) is 4.74 Å². The second-order valence-electron chi connectivity index (χ2n) is 4.00. The molecular formula is C9H17FN2O. The number of nitrogens with one attached hydrogen (secondary N) is 1. The Balaban J connectivity index is 1.75. The number of hydrogen-bond donors (Lipinski definition) is 1. The van der Waals surface area contributed by atoms with Crippen molar-refractivity contribution >= 4 is 0 Å². The summed E-state index contributed by atoms with van der Waals surface area (Å²) in [5.74, 6) is 0. The molecule has 0 radical (unpaired) electrons. The molecule has 2 aliphatic rings. The molecule has 76 valence electrons. The van der Waals surface area contributed by atoms with Crippen LogP contribution in [-0.2, 0) is 4.74 Å². The summed E-state index contributed by atoms with van der Waals surface area (Å²) in [4.78, 5) is 2.19. The standard InChI is InChI=1S/C9H17FN2O/c1-12(7-5-13-6-7)4-9-8(10)2-3-11-9/h7-9,11H,2-6H2,1H3. The first-order valence-corrected chi connectivity index (χ1v) is 4.93. The highest BCUT2D eigenvalue weighted by Crippen LogP contribution is 2.15.